The first-order valence-electron chi connectivity index (χ1n) is 4.37. The second kappa shape index (κ2) is 5.50. The number of nitrogens with two attached hydrogens (primary N) is 1. The standard InChI is InChI=1S/C9H19NO2S/c1-7(2)12-8(11)5-13-6-9(3,4)10/h7H,5-6,10H2,1-4H3. The molecule has 3 nitrogen and oxygen atoms in total. The number of esters is 1. The zero-order valence-corrected chi connectivity index (χ0v) is 9.61. The van der Waals surface area contributed by atoms with Crippen LogP contribution in [0.15, 0.2) is 0 Å². The van der Waals surface area contributed by atoms with E-state index in [1.807, 2.05) is 27.7 Å². The highest BCUT2D eigenvalue weighted by Gasteiger charge is 2.12. The fourth-order valence-electron chi connectivity index (χ4n) is 0.694. The van der Waals surface area contributed by atoms with Crippen LogP contribution < -0.4 is 5.73 Å². The third-order valence-electron chi connectivity index (χ3n) is 1.06. The number of thioether (sulfide) groups is 1. The maximum absolute atomic E-state index is 11.1. The Labute approximate surface area is 84.4 Å². The molecular weight excluding hydrogens is 186 g/mol. The van der Waals surface area contributed by atoms with Gasteiger partial charge in [0.05, 0.1) is 11.9 Å². The largest absolute Gasteiger partial charge is 0.462 e. The molecule has 0 spiro atoms. The molecule has 0 aromatic heterocycles. The van der Waals surface area contributed by atoms with Gasteiger partial charge in [-0.25, -0.2) is 0 Å². The monoisotopic (exact) mass is 205 g/mol. The maximum atomic E-state index is 11.1. The Morgan fingerprint density at radius 3 is 2.46 bits per heavy atom. The molecule has 0 heterocycles. The lowest BCUT2D eigenvalue weighted by Gasteiger charge is -2.17. The van der Waals surface area contributed by atoms with Gasteiger partial charge in [0, 0.05) is 11.3 Å². The number of hydrogen-bond donors (Lipinski definition) is 1. The summed E-state index contributed by atoms with van der Waals surface area (Å²) in [5, 5.41) is 0. The summed E-state index contributed by atoms with van der Waals surface area (Å²) in [7, 11) is 0. The van der Waals surface area contributed by atoms with Crippen LogP contribution in [0.5, 0.6) is 0 Å². The van der Waals surface area contributed by atoms with Crippen molar-refractivity contribution < 1.29 is 9.53 Å². The lowest BCUT2D eigenvalue weighted by molar-refractivity contribution is -0.144. The van der Waals surface area contributed by atoms with E-state index in [-0.39, 0.29) is 17.6 Å². The molecule has 0 amide bonds. The van der Waals surface area contributed by atoms with E-state index in [2.05, 4.69) is 0 Å². The summed E-state index contributed by atoms with van der Waals surface area (Å²) in [4.78, 5) is 11.1. The molecule has 0 aliphatic rings. The van der Waals surface area contributed by atoms with Gasteiger partial charge in [-0.15, -0.1) is 11.8 Å². The van der Waals surface area contributed by atoms with Crippen LogP contribution in [0.1, 0.15) is 27.7 Å². The number of rotatable bonds is 5. The predicted molar refractivity (Wildman–Crippen MR) is 56.8 cm³/mol. The predicted octanol–water partition coefficient (Wildman–Crippen LogP) is 1.41. The minimum absolute atomic E-state index is 0.0287. The van der Waals surface area contributed by atoms with Gasteiger partial charge in [0.25, 0.3) is 0 Å². The quantitative estimate of drug-likeness (QED) is 0.689. The first kappa shape index (κ1) is 12.8. The van der Waals surface area contributed by atoms with Gasteiger partial charge in [-0.2, -0.15) is 0 Å². The molecule has 0 aromatic carbocycles. The van der Waals surface area contributed by atoms with Crippen molar-refractivity contribution in [3.05, 3.63) is 0 Å². The summed E-state index contributed by atoms with van der Waals surface area (Å²) in [6.45, 7) is 7.56. The highest BCUT2D eigenvalue weighted by molar-refractivity contribution is 8.00. The van der Waals surface area contributed by atoms with Gasteiger partial charge in [-0.05, 0) is 27.7 Å². The summed E-state index contributed by atoms with van der Waals surface area (Å²) in [6.07, 6.45) is -0.0287. The molecule has 0 aliphatic carbocycles. The molecule has 13 heavy (non-hydrogen) atoms. The lowest BCUT2D eigenvalue weighted by Crippen LogP contribution is -2.35. The number of hydrogen-bond acceptors (Lipinski definition) is 4. The lowest BCUT2D eigenvalue weighted by atomic mass is 10.1. The topological polar surface area (TPSA) is 52.3 Å². The van der Waals surface area contributed by atoms with Crippen LogP contribution in [0.2, 0.25) is 0 Å². The van der Waals surface area contributed by atoms with E-state index in [4.69, 9.17) is 10.5 Å². The molecule has 0 fully saturated rings. The molecule has 0 rings (SSSR count). The average molecular weight is 205 g/mol. The van der Waals surface area contributed by atoms with Gasteiger partial charge in [-0.1, -0.05) is 0 Å². The van der Waals surface area contributed by atoms with Crippen molar-refractivity contribution in [2.75, 3.05) is 11.5 Å². The minimum Gasteiger partial charge on any atom is -0.462 e. The van der Waals surface area contributed by atoms with Crippen LogP contribution in [0.4, 0.5) is 0 Å². The molecule has 0 aromatic rings. The molecule has 78 valence electrons. The van der Waals surface area contributed by atoms with Crippen molar-refractivity contribution in [2.45, 2.75) is 39.3 Å². The van der Waals surface area contributed by atoms with Crippen LogP contribution in [0, 0.1) is 0 Å². The van der Waals surface area contributed by atoms with Gasteiger partial charge in [0.15, 0.2) is 0 Å². The van der Waals surface area contributed by atoms with Gasteiger partial charge in [0.2, 0.25) is 0 Å². The summed E-state index contributed by atoms with van der Waals surface area (Å²) in [6, 6.07) is 0. The molecule has 0 aliphatic heterocycles. The third kappa shape index (κ3) is 9.70. The van der Waals surface area contributed by atoms with Gasteiger partial charge >= 0.3 is 5.97 Å². The van der Waals surface area contributed by atoms with Gasteiger partial charge < -0.3 is 10.5 Å². The van der Waals surface area contributed by atoms with Gasteiger partial charge in [0.1, 0.15) is 0 Å². The fraction of sp³-hybridized carbons (Fsp3) is 0.889. The van der Waals surface area contributed by atoms with Crippen LogP contribution in [0.3, 0.4) is 0 Å². The number of carbonyl (C=O) groups is 1. The molecule has 0 atom stereocenters. The second-order valence-corrected chi connectivity index (χ2v) is 5.01. The number of carbonyl (C=O) groups excluding carboxylic acids is 1. The molecule has 0 bridgehead atoms. The normalized spacial score (nSPS) is 11.8. The van der Waals surface area contributed by atoms with Gasteiger partial charge in [-0.3, -0.25) is 4.79 Å². The first-order chi connectivity index (χ1) is 5.81. The van der Waals surface area contributed by atoms with Crippen molar-refractivity contribution in [3.8, 4) is 0 Å². The van der Waals surface area contributed by atoms with E-state index in [0.717, 1.165) is 5.75 Å². The summed E-state index contributed by atoms with van der Waals surface area (Å²) >= 11 is 1.51. The number of ether oxygens (including phenoxy) is 1. The average Bonchev–Trinajstić information content (AvgIpc) is 1.81. The summed E-state index contributed by atoms with van der Waals surface area (Å²) < 4.78 is 4.96. The fourth-order valence-corrected chi connectivity index (χ4v) is 1.56. The Kier molecular flexibility index (Phi) is 5.40. The van der Waals surface area contributed by atoms with E-state index in [9.17, 15) is 4.79 Å². The Morgan fingerprint density at radius 2 is 2.08 bits per heavy atom. The highest BCUT2D eigenvalue weighted by atomic mass is 32.2. The molecule has 0 saturated carbocycles. The van der Waals surface area contributed by atoms with E-state index in [1.54, 1.807) is 0 Å². The van der Waals surface area contributed by atoms with Crippen LogP contribution in [0.25, 0.3) is 0 Å². The SMILES string of the molecule is CC(C)OC(=O)CSCC(C)(C)N. The summed E-state index contributed by atoms with van der Waals surface area (Å²) in [5.74, 6) is 0.989. The van der Waals surface area contributed by atoms with Crippen LogP contribution in [-0.4, -0.2) is 29.1 Å². The van der Waals surface area contributed by atoms with E-state index in [1.165, 1.54) is 11.8 Å². The Hall–Kier alpha value is -0.220. The molecule has 2 N–H and O–H groups in total. The van der Waals surface area contributed by atoms with Crippen molar-refractivity contribution in [2.24, 2.45) is 5.73 Å². The van der Waals surface area contributed by atoms with Crippen molar-refractivity contribution in [1.29, 1.82) is 0 Å². The van der Waals surface area contributed by atoms with E-state index in [0.29, 0.717) is 5.75 Å². The zero-order valence-electron chi connectivity index (χ0n) is 8.79. The van der Waals surface area contributed by atoms with Crippen molar-refractivity contribution in [1.82, 2.24) is 0 Å². The second-order valence-electron chi connectivity index (χ2n) is 4.02. The Balaban J connectivity index is 3.49. The molecule has 0 saturated heterocycles. The maximum Gasteiger partial charge on any atom is 0.316 e. The Morgan fingerprint density at radius 1 is 1.54 bits per heavy atom. The molecule has 0 radical (unpaired) electrons. The smallest absolute Gasteiger partial charge is 0.316 e. The van der Waals surface area contributed by atoms with Crippen molar-refractivity contribution >= 4 is 17.7 Å². The van der Waals surface area contributed by atoms with E-state index >= 15 is 0 Å². The third-order valence-corrected chi connectivity index (χ3v) is 2.45. The molecule has 4 heteroatoms. The summed E-state index contributed by atoms with van der Waals surface area (Å²) in [5.41, 5.74) is 5.53. The molecular formula is C9H19NO2S. The van der Waals surface area contributed by atoms with Crippen molar-refractivity contribution in [3.63, 3.8) is 0 Å². The minimum atomic E-state index is -0.219. The molecule has 0 unspecified atom stereocenters. The highest BCUT2D eigenvalue weighted by Crippen LogP contribution is 2.10. The van der Waals surface area contributed by atoms with Crippen LogP contribution >= 0.6 is 11.8 Å². The van der Waals surface area contributed by atoms with Crippen LogP contribution in [-0.2, 0) is 9.53 Å². The zero-order chi connectivity index (χ0) is 10.5. The van der Waals surface area contributed by atoms with E-state index < -0.39 is 0 Å². The Bertz CT molecular complexity index is 163. The first-order valence-corrected chi connectivity index (χ1v) is 5.53.